The van der Waals surface area contributed by atoms with Crippen LogP contribution in [0.15, 0.2) is 29.2 Å². The van der Waals surface area contributed by atoms with E-state index in [9.17, 15) is 13.6 Å². The maximum Gasteiger partial charge on any atom is 0.288 e. The van der Waals surface area contributed by atoms with E-state index in [-0.39, 0.29) is 11.9 Å². The second-order valence-corrected chi connectivity index (χ2v) is 6.87. The number of alkyl halides is 2. The van der Waals surface area contributed by atoms with Crippen LogP contribution in [0.2, 0.25) is 0 Å². The number of hydrogen-bond acceptors (Lipinski definition) is 4. The smallest absolute Gasteiger partial charge is 0.288 e. The molecule has 1 saturated heterocycles. The van der Waals surface area contributed by atoms with Crippen LogP contribution in [-0.4, -0.2) is 31.4 Å². The van der Waals surface area contributed by atoms with E-state index in [0.717, 1.165) is 5.56 Å². The Kier molecular flexibility index (Phi) is 6.38. The second-order valence-electron chi connectivity index (χ2n) is 5.81. The highest BCUT2D eigenvalue weighted by molar-refractivity contribution is 7.99. The van der Waals surface area contributed by atoms with Crippen molar-refractivity contribution in [1.82, 2.24) is 5.32 Å². The van der Waals surface area contributed by atoms with E-state index in [2.05, 4.69) is 5.32 Å². The standard InChI is InChI=1S/C16H22F2N2O2S/c1-11(12-2-4-13(5-3-12)23-15(17)18)20-10-16(14(19)21)6-8-22-9-7-16/h2-5,11,15,20H,6-10H2,1H3,(H2,19,21)/t11-/m1/s1. The van der Waals surface area contributed by atoms with Crippen LogP contribution in [-0.2, 0) is 9.53 Å². The summed E-state index contributed by atoms with van der Waals surface area (Å²) in [6.45, 7) is 3.54. The highest BCUT2D eigenvalue weighted by Crippen LogP contribution is 2.31. The van der Waals surface area contributed by atoms with Gasteiger partial charge in [0.2, 0.25) is 5.91 Å². The summed E-state index contributed by atoms with van der Waals surface area (Å²) in [6.07, 6.45) is 1.23. The SMILES string of the molecule is C[C@@H](NCC1(C(N)=O)CCOCC1)c1ccc(SC(F)F)cc1. The molecule has 1 aromatic rings. The van der Waals surface area contributed by atoms with Crippen LogP contribution in [0.3, 0.4) is 0 Å². The van der Waals surface area contributed by atoms with E-state index in [1.165, 1.54) is 0 Å². The summed E-state index contributed by atoms with van der Waals surface area (Å²) in [5.74, 6) is -2.72. The van der Waals surface area contributed by atoms with Gasteiger partial charge in [-0.05, 0) is 37.5 Å². The minimum Gasteiger partial charge on any atom is -0.381 e. The summed E-state index contributed by atoms with van der Waals surface area (Å²) in [7, 11) is 0. The maximum absolute atomic E-state index is 12.3. The number of nitrogens with one attached hydrogen (secondary N) is 1. The first-order chi connectivity index (χ1) is 10.9. The number of hydrogen-bond donors (Lipinski definition) is 2. The molecule has 4 nitrogen and oxygen atoms in total. The first-order valence-electron chi connectivity index (χ1n) is 7.59. The lowest BCUT2D eigenvalue weighted by atomic mass is 9.79. The Bertz CT molecular complexity index is 519. The van der Waals surface area contributed by atoms with Gasteiger partial charge < -0.3 is 15.8 Å². The van der Waals surface area contributed by atoms with E-state index < -0.39 is 11.2 Å². The van der Waals surface area contributed by atoms with Crippen LogP contribution in [0.1, 0.15) is 31.4 Å². The molecular formula is C16H22F2N2O2S. The van der Waals surface area contributed by atoms with Gasteiger partial charge in [-0.2, -0.15) is 8.78 Å². The van der Waals surface area contributed by atoms with Crippen molar-refractivity contribution in [2.45, 2.75) is 36.5 Å². The fourth-order valence-corrected chi connectivity index (χ4v) is 3.18. The summed E-state index contributed by atoms with van der Waals surface area (Å²) in [6, 6.07) is 7.01. The van der Waals surface area contributed by atoms with Gasteiger partial charge in [-0.15, -0.1) is 0 Å². The van der Waals surface area contributed by atoms with Crippen LogP contribution >= 0.6 is 11.8 Å². The predicted molar refractivity (Wildman–Crippen MR) is 86.4 cm³/mol. The molecule has 0 bridgehead atoms. The van der Waals surface area contributed by atoms with Crippen molar-refractivity contribution in [2.24, 2.45) is 11.1 Å². The summed E-state index contributed by atoms with van der Waals surface area (Å²) in [5.41, 5.74) is 6.00. The largest absolute Gasteiger partial charge is 0.381 e. The zero-order valence-electron chi connectivity index (χ0n) is 13.1. The van der Waals surface area contributed by atoms with Gasteiger partial charge in [0.05, 0.1) is 5.41 Å². The minimum absolute atomic E-state index is 0.000306. The monoisotopic (exact) mass is 344 g/mol. The summed E-state index contributed by atoms with van der Waals surface area (Å²) in [5, 5.41) is 3.34. The molecule has 1 fully saturated rings. The van der Waals surface area contributed by atoms with Crippen molar-refractivity contribution in [2.75, 3.05) is 19.8 Å². The minimum atomic E-state index is -2.42. The molecule has 1 aliphatic heterocycles. The molecular weight excluding hydrogens is 322 g/mol. The Balaban J connectivity index is 1.95. The molecule has 1 amide bonds. The zero-order chi connectivity index (χ0) is 16.9. The highest BCUT2D eigenvalue weighted by atomic mass is 32.2. The number of halogens is 2. The molecule has 128 valence electrons. The molecule has 0 unspecified atom stereocenters. The number of primary amides is 1. The third kappa shape index (κ3) is 4.89. The van der Waals surface area contributed by atoms with Crippen LogP contribution < -0.4 is 11.1 Å². The lowest BCUT2D eigenvalue weighted by Crippen LogP contribution is -2.48. The van der Waals surface area contributed by atoms with Gasteiger partial charge in [0.1, 0.15) is 0 Å². The van der Waals surface area contributed by atoms with E-state index in [1.54, 1.807) is 12.1 Å². The molecule has 1 heterocycles. The number of thioether (sulfide) groups is 1. The number of benzene rings is 1. The lowest BCUT2D eigenvalue weighted by Gasteiger charge is -2.35. The first-order valence-corrected chi connectivity index (χ1v) is 8.47. The van der Waals surface area contributed by atoms with Gasteiger partial charge in [0.25, 0.3) is 5.76 Å². The van der Waals surface area contributed by atoms with Crippen LogP contribution in [0, 0.1) is 5.41 Å². The third-order valence-corrected chi connectivity index (χ3v) is 5.05. The predicted octanol–water partition coefficient (Wildman–Crippen LogP) is 2.93. The van der Waals surface area contributed by atoms with Gasteiger partial charge >= 0.3 is 0 Å². The third-order valence-electron chi connectivity index (χ3n) is 4.32. The Labute approximate surface area is 139 Å². The molecule has 0 spiro atoms. The van der Waals surface area contributed by atoms with Gasteiger partial charge in [0.15, 0.2) is 0 Å². The van der Waals surface area contributed by atoms with Crippen molar-refractivity contribution < 1.29 is 18.3 Å². The molecule has 23 heavy (non-hydrogen) atoms. The van der Waals surface area contributed by atoms with Crippen molar-refractivity contribution in [3.63, 3.8) is 0 Å². The first kappa shape index (κ1) is 18.2. The average Bonchev–Trinajstić information content (AvgIpc) is 2.53. The van der Waals surface area contributed by atoms with Gasteiger partial charge in [-0.1, -0.05) is 23.9 Å². The molecule has 1 atom stereocenters. The van der Waals surface area contributed by atoms with Gasteiger partial charge in [0, 0.05) is 30.7 Å². The molecule has 0 saturated carbocycles. The van der Waals surface area contributed by atoms with Crippen molar-refractivity contribution in [3.05, 3.63) is 29.8 Å². The van der Waals surface area contributed by atoms with Crippen LogP contribution in [0.25, 0.3) is 0 Å². The molecule has 3 N–H and O–H groups in total. The number of carbonyl (C=O) groups is 1. The topological polar surface area (TPSA) is 64.3 Å². The molecule has 7 heteroatoms. The fourth-order valence-electron chi connectivity index (χ4n) is 2.68. The fraction of sp³-hybridized carbons (Fsp3) is 0.562. The molecule has 2 rings (SSSR count). The Hall–Kier alpha value is -1.18. The zero-order valence-corrected chi connectivity index (χ0v) is 13.9. The van der Waals surface area contributed by atoms with Crippen LogP contribution in [0.4, 0.5) is 8.78 Å². The number of amides is 1. The Morgan fingerprint density at radius 1 is 1.35 bits per heavy atom. The van der Waals surface area contributed by atoms with Crippen molar-refractivity contribution >= 4 is 17.7 Å². The van der Waals surface area contributed by atoms with Crippen molar-refractivity contribution in [1.29, 1.82) is 0 Å². The van der Waals surface area contributed by atoms with Gasteiger partial charge in [-0.25, -0.2) is 0 Å². The lowest BCUT2D eigenvalue weighted by molar-refractivity contribution is -0.133. The van der Waals surface area contributed by atoms with E-state index >= 15 is 0 Å². The Morgan fingerprint density at radius 2 is 1.96 bits per heavy atom. The van der Waals surface area contributed by atoms with E-state index in [0.29, 0.717) is 49.3 Å². The molecule has 0 aromatic heterocycles. The maximum atomic E-state index is 12.3. The number of ether oxygens (including phenoxy) is 1. The van der Waals surface area contributed by atoms with E-state index in [4.69, 9.17) is 10.5 Å². The average molecular weight is 344 g/mol. The molecule has 1 aromatic carbocycles. The van der Waals surface area contributed by atoms with Crippen molar-refractivity contribution in [3.8, 4) is 0 Å². The molecule has 0 radical (unpaired) electrons. The quantitative estimate of drug-likeness (QED) is 0.747. The van der Waals surface area contributed by atoms with Gasteiger partial charge in [-0.3, -0.25) is 4.79 Å². The van der Waals surface area contributed by atoms with E-state index in [1.807, 2.05) is 19.1 Å². The summed E-state index contributed by atoms with van der Waals surface area (Å²) in [4.78, 5) is 12.4. The van der Waals surface area contributed by atoms with Crippen LogP contribution in [0.5, 0.6) is 0 Å². The second kappa shape index (κ2) is 8.08. The normalized spacial score (nSPS) is 18.8. The number of nitrogens with two attached hydrogens (primary N) is 1. The Morgan fingerprint density at radius 3 is 2.48 bits per heavy atom. The molecule has 0 aliphatic carbocycles. The summed E-state index contributed by atoms with van der Waals surface area (Å²) >= 11 is 0.529. The molecule has 1 aliphatic rings. The number of rotatable bonds is 7. The number of carbonyl (C=O) groups excluding carboxylic acids is 1. The summed E-state index contributed by atoms with van der Waals surface area (Å²) < 4.78 is 30.0. The highest BCUT2D eigenvalue weighted by Gasteiger charge is 2.38.